The van der Waals surface area contributed by atoms with Gasteiger partial charge >= 0.3 is 0 Å². The summed E-state index contributed by atoms with van der Waals surface area (Å²) in [4.78, 5) is 8.16. The minimum Gasteiger partial charge on any atom is -0.481 e. The highest BCUT2D eigenvalue weighted by molar-refractivity contribution is 5.27. The Balaban J connectivity index is 2.29. The van der Waals surface area contributed by atoms with Gasteiger partial charge in [-0.1, -0.05) is 0 Å². The van der Waals surface area contributed by atoms with Crippen LogP contribution < -0.4 is 15.8 Å². The monoisotopic (exact) mass is 220 g/mol. The molecule has 5 nitrogen and oxygen atoms in total. The number of hydrogen-bond donors (Lipinski definition) is 2. The van der Waals surface area contributed by atoms with Crippen molar-refractivity contribution in [2.45, 2.75) is 12.8 Å². The summed E-state index contributed by atoms with van der Waals surface area (Å²) in [5.74, 6) is 7.07. The normalized spacial score (nSPS) is 9.12. The number of aromatic nitrogens is 2. The van der Waals surface area contributed by atoms with Gasteiger partial charge in [0.1, 0.15) is 0 Å². The zero-order valence-electron chi connectivity index (χ0n) is 9.36. The van der Waals surface area contributed by atoms with Crippen molar-refractivity contribution >= 4 is 5.95 Å². The molecule has 0 aliphatic rings. The number of nitrogens with two attached hydrogens (primary N) is 1. The molecule has 1 aromatic heterocycles. The molecule has 0 unspecified atom stereocenters. The van der Waals surface area contributed by atoms with Crippen LogP contribution in [0.5, 0.6) is 5.88 Å². The van der Waals surface area contributed by atoms with E-state index in [-0.39, 0.29) is 0 Å². The Labute approximate surface area is 95.4 Å². The van der Waals surface area contributed by atoms with Gasteiger partial charge in [0.15, 0.2) is 0 Å². The Bertz CT molecular complexity index is 370. The average molecular weight is 220 g/mol. The van der Waals surface area contributed by atoms with Crippen LogP contribution in [0.1, 0.15) is 12.8 Å². The highest BCUT2D eigenvalue weighted by Crippen LogP contribution is 2.06. The maximum absolute atomic E-state index is 5.31. The molecule has 5 heteroatoms. The minimum atomic E-state index is 0.548. The lowest BCUT2D eigenvalue weighted by Crippen LogP contribution is -2.05. The van der Waals surface area contributed by atoms with E-state index in [4.69, 9.17) is 10.5 Å². The van der Waals surface area contributed by atoms with E-state index in [1.165, 1.54) is 0 Å². The highest BCUT2D eigenvalue weighted by Gasteiger charge is 1.96. The van der Waals surface area contributed by atoms with E-state index < -0.39 is 0 Å². The van der Waals surface area contributed by atoms with Crippen molar-refractivity contribution in [2.75, 3.05) is 25.5 Å². The quantitative estimate of drug-likeness (QED) is 0.562. The van der Waals surface area contributed by atoms with Gasteiger partial charge in [0.2, 0.25) is 11.8 Å². The fourth-order valence-corrected chi connectivity index (χ4v) is 1.03. The van der Waals surface area contributed by atoms with E-state index in [2.05, 4.69) is 27.1 Å². The second-order valence-corrected chi connectivity index (χ2v) is 2.99. The van der Waals surface area contributed by atoms with Crippen molar-refractivity contribution in [2.24, 2.45) is 5.73 Å². The molecule has 0 aliphatic heterocycles. The van der Waals surface area contributed by atoms with E-state index in [9.17, 15) is 0 Å². The third-order valence-corrected chi connectivity index (χ3v) is 1.77. The Kier molecular flexibility index (Phi) is 5.74. The van der Waals surface area contributed by atoms with Gasteiger partial charge < -0.3 is 15.8 Å². The second kappa shape index (κ2) is 7.49. The fourth-order valence-electron chi connectivity index (χ4n) is 1.03. The van der Waals surface area contributed by atoms with Crippen LogP contribution in [-0.2, 0) is 0 Å². The van der Waals surface area contributed by atoms with Crippen LogP contribution in [0.4, 0.5) is 5.95 Å². The maximum atomic E-state index is 5.31. The SMILES string of the molecule is COc1ccnc(NCCC#CCCN)n1. The van der Waals surface area contributed by atoms with Gasteiger partial charge in [0, 0.05) is 38.2 Å². The number of anilines is 1. The Morgan fingerprint density at radius 1 is 1.44 bits per heavy atom. The van der Waals surface area contributed by atoms with Crippen LogP contribution in [0.25, 0.3) is 0 Å². The van der Waals surface area contributed by atoms with Crippen molar-refractivity contribution in [3.8, 4) is 17.7 Å². The summed E-state index contributed by atoms with van der Waals surface area (Å²) in [5, 5.41) is 3.06. The summed E-state index contributed by atoms with van der Waals surface area (Å²) >= 11 is 0. The third-order valence-electron chi connectivity index (χ3n) is 1.77. The van der Waals surface area contributed by atoms with Crippen molar-refractivity contribution in [3.63, 3.8) is 0 Å². The molecule has 0 fully saturated rings. The van der Waals surface area contributed by atoms with Crippen molar-refractivity contribution in [1.29, 1.82) is 0 Å². The fraction of sp³-hybridized carbons (Fsp3) is 0.455. The lowest BCUT2D eigenvalue weighted by atomic mass is 10.3. The van der Waals surface area contributed by atoms with E-state index in [1.54, 1.807) is 19.4 Å². The van der Waals surface area contributed by atoms with Gasteiger partial charge in [-0.3, -0.25) is 0 Å². The summed E-state index contributed by atoms with van der Waals surface area (Å²) in [6.45, 7) is 1.32. The molecule has 1 rings (SSSR count). The minimum absolute atomic E-state index is 0.548. The molecule has 0 radical (unpaired) electrons. The molecule has 0 saturated carbocycles. The molecule has 0 saturated heterocycles. The van der Waals surface area contributed by atoms with Crippen LogP contribution >= 0.6 is 0 Å². The molecule has 0 bridgehead atoms. The molecule has 86 valence electrons. The molecule has 0 spiro atoms. The number of methoxy groups -OCH3 is 1. The highest BCUT2D eigenvalue weighted by atomic mass is 16.5. The third kappa shape index (κ3) is 4.62. The van der Waals surface area contributed by atoms with Crippen molar-refractivity contribution in [3.05, 3.63) is 12.3 Å². The first-order valence-electron chi connectivity index (χ1n) is 5.13. The summed E-state index contributed by atoms with van der Waals surface area (Å²) in [5.41, 5.74) is 5.31. The van der Waals surface area contributed by atoms with Gasteiger partial charge in [0.05, 0.1) is 7.11 Å². The summed E-state index contributed by atoms with van der Waals surface area (Å²) < 4.78 is 4.98. The zero-order chi connectivity index (χ0) is 11.6. The molecule has 1 heterocycles. The lowest BCUT2D eigenvalue weighted by molar-refractivity contribution is 0.397. The lowest BCUT2D eigenvalue weighted by Gasteiger charge is -2.03. The zero-order valence-corrected chi connectivity index (χ0v) is 9.36. The van der Waals surface area contributed by atoms with Crippen molar-refractivity contribution in [1.82, 2.24) is 9.97 Å². The number of rotatable bonds is 5. The molecule has 1 aromatic rings. The smallest absolute Gasteiger partial charge is 0.225 e. The predicted molar refractivity (Wildman–Crippen MR) is 63.1 cm³/mol. The first-order chi connectivity index (χ1) is 7.86. The summed E-state index contributed by atoms with van der Waals surface area (Å²) in [6, 6.07) is 1.70. The Morgan fingerprint density at radius 2 is 2.25 bits per heavy atom. The molecule has 0 atom stereocenters. The predicted octanol–water partition coefficient (Wildman–Crippen LogP) is 0.639. The van der Waals surface area contributed by atoms with E-state index in [0.717, 1.165) is 12.8 Å². The standard InChI is InChI=1S/C11H16N4O/c1-16-10-6-9-14-11(15-10)13-8-5-3-2-4-7-12/h6,9H,4-5,7-8,12H2,1H3,(H,13,14,15). The number of ether oxygens (including phenoxy) is 1. The van der Waals surface area contributed by atoms with Gasteiger partial charge in [0.25, 0.3) is 0 Å². The molecule has 0 amide bonds. The summed E-state index contributed by atoms with van der Waals surface area (Å²) in [6.07, 6.45) is 3.14. The summed E-state index contributed by atoms with van der Waals surface area (Å²) in [7, 11) is 1.57. The number of hydrogen-bond acceptors (Lipinski definition) is 5. The first-order valence-corrected chi connectivity index (χ1v) is 5.13. The molecular formula is C11H16N4O. The largest absolute Gasteiger partial charge is 0.481 e. The van der Waals surface area contributed by atoms with E-state index in [1.807, 2.05) is 0 Å². The van der Waals surface area contributed by atoms with Crippen LogP contribution in [-0.4, -0.2) is 30.2 Å². The number of nitrogens with one attached hydrogen (secondary N) is 1. The van der Waals surface area contributed by atoms with Gasteiger partial charge in [-0.25, -0.2) is 4.98 Å². The van der Waals surface area contributed by atoms with E-state index >= 15 is 0 Å². The Hall–Kier alpha value is -1.80. The van der Waals surface area contributed by atoms with Crippen LogP contribution in [0.3, 0.4) is 0 Å². The maximum Gasteiger partial charge on any atom is 0.225 e. The van der Waals surface area contributed by atoms with Gasteiger partial charge in [-0.05, 0) is 0 Å². The second-order valence-electron chi connectivity index (χ2n) is 2.99. The van der Waals surface area contributed by atoms with Gasteiger partial charge in [-0.2, -0.15) is 4.98 Å². The van der Waals surface area contributed by atoms with Gasteiger partial charge in [-0.15, -0.1) is 11.8 Å². The molecule has 0 aromatic carbocycles. The van der Waals surface area contributed by atoms with Crippen molar-refractivity contribution < 1.29 is 4.74 Å². The number of nitrogens with zero attached hydrogens (tertiary/aromatic N) is 2. The Morgan fingerprint density at radius 3 is 3.00 bits per heavy atom. The topological polar surface area (TPSA) is 73.1 Å². The van der Waals surface area contributed by atoms with Crippen LogP contribution in [0.2, 0.25) is 0 Å². The van der Waals surface area contributed by atoms with Crippen LogP contribution in [0, 0.1) is 11.8 Å². The van der Waals surface area contributed by atoms with E-state index in [0.29, 0.717) is 24.9 Å². The molecular weight excluding hydrogens is 204 g/mol. The first kappa shape index (κ1) is 12.3. The average Bonchev–Trinajstić information content (AvgIpc) is 2.34. The molecule has 3 N–H and O–H groups in total. The molecule has 0 aliphatic carbocycles. The van der Waals surface area contributed by atoms with Crippen LogP contribution in [0.15, 0.2) is 12.3 Å². The molecule has 16 heavy (non-hydrogen) atoms.